The van der Waals surface area contributed by atoms with Crippen molar-refractivity contribution < 1.29 is 4.74 Å². The Morgan fingerprint density at radius 3 is 3.06 bits per heavy atom. The van der Waals surface area contributed by atoms with Crippen molar-refractivity contribution in [3.8, 4) is 5.88 Å². The minimum Gasteiger partial charge on any atom is -0.477 e. The molecule has 0 aliphatic heterocycles. The smallest absolute Gasteiger partial charge is 0.225 e. The maximum absolute atomic E-state index is 5.56. The van der Waals surface area contributed by atoms with Gasteiger partial charge < -0.3 is 15.8 Å². The predicted molar refractivity (Wildman–Crippen MR) is 69.5 cm³/mol. The molecule has 2 heterocycles. The molecule has 2 rings (SSSR count). The third-order valence-corrected chi connectivity index (χ3v) is 3.09. The molecule has 2 aromatic rings. The summed E-state index contributed by atoms with van der Waals surface area (Å²) in [7, 11) is 1.78. The van der Waals surface area contributed by atoms with E-state index in [4.69, 9.17) is 10.5 Å². The van der Waals surface area contributed by atoms with Gasteiger partial charge in [-0.25, -0.2) is 0 Å². The van der Waals surface area contributed by atoms with Crippen LogP contribution in [0.2, 0.25) is 0 Å². The van der Waals surface area contributed by atoms with Gasteiger partial charge in [-0.2, -0.15) is 9.97 Å². The first-order valence-corrected chi connectivity index (χ1v) is 6.13. The zero-order valence-corrected chi connectivity index (χ0v) is 10.3. The zero-order chi connectivity index (χ0) is 12.1. The lowest BCUT2D eigenvalue weighted by Gasteiger charge is -2.06. The Kier molecular flexibility index (Phi) is 3.77. The maximum Gasteiger partial charge on any atom is 0.225 e. The molecule has 6 heteroatoms. The van der Waals surface area contributed by atoms with Crippen LogP contribution in [0.5, 0.6) is 5.88 Å². The molecule has 0 fully saturated rings. The molecule has 0 saturated carbocycles. The molecular weight excluding hydrogens is 236 g/mol. The quantitative estimate of drug-likeness (QED) is 0.846. The Morgan fingerprint density at radius 1 is 1.47 bits per heavy atom. The first-order valence-electron chi connectivity index (χ1n) is 5.25. The van der Waals surface area contributed by atoms with Crippen LogP contribution >= 0.6 is 11.3 Å². The summed E-state index contributed by atoms with van der Waals surface area (Å²) in [4.78, 5) is 9.29. The third-order valence-electron chi connectivity index (χ3n) is 2.15. The summed E-state index contributed by atoms with van der Waals surface area (Å²) in [6, 6.07) is 5.84. The third kappa shape index (κ3) is 3.32. The molecule has 0 bridgehead atoms. The summed E-state index contributed by atoms with van der Waals surface area (Å²) >= 11 is 1.72. The van der Waals surface area contributed by atoms with Crippen molar-refractivity contribution in [2.45, 2.75) is 6.42 Å². The van der Waals surface area contributed by atoms with E-state index in [0.29, 0.717) is 18.3 Å². The summed E-state index contributed by atoms with van der Waals surface area (Å²) in [5, 5.41) is 4.96. The number of ether oxygens (including phenoxy) is 1. The number of aromatic nitrogens is 2. The van der Waals surface area contributed by atoms with Crippen molar-refractivity contribution in [3.05, 3.63) is 28.5 Å². The van der Waals surface area contributed by atoms with Crippen LogP contribution < -0.4 is 15.8 Å². The number of nitrogen functional groups attached to an aromatic ring is 1. The van der Waals surface area contributed by atoms with E-state index in [1.807, 2.05) is 6.07 Å². The number of nitrogens with zero attached hydrogens (tertiary/aromatic N) is 2. The van der Waals surface area contributed by atoms with E-state index in [1.54, 1.807) is 24.5 Å². The van der Waals surface area contributed by atoms with E-state index in [-0.39, 0.29) is 5.95 Å². The molecule has 0 unspecified atom stereocenters. The highest BCUT2D eigenvalue weighted by molar-refractivity contribution is 7.09. The van der Waals surface area contributed by atoms with Crippen LogP contribution in [-0.4, -0.2) is 23.6 Å². The first kappa shape index (κ1) is 11.7. The van der Waals surface area contributed by atoms with Gasteiger partial charge in [-0.3, -0.25) is 0 Å². The SMILES string of the molecule is CNc1cc(OCCc2cccs2)nc(N)n1. The topological polar surface area (TPSA) is 73.1 Å². The number of hydrogen-bond donors (Lipinski definition) is 2. The van der Waals surface area contributed by atoms with Gasteiger partial charge in [0.2, 0.25) is 11.8 Å². The molecule has 0 aromatic carbocycles. The number of thiophene rings is 1. The molecule has 17 heavy (non-hydrogen) atoms. The molecule has 90 valence electrons. The second-order valence-electron chi connectivity index (χ2n) is 3.38. The number of hydrogen-bond acceptors (Lipinski definition) is 6. The van der Waals surface area contributed by atoms with Crippen LogP contribution in [0.15, 0.2) is 23.6 Å². The largest absolute Gasteiger partial charge is 0.477 e. The number of nitrogens with one attached hydrogen (secondary N) is 1. The highest BCUT2D eigenvalue weighted by Gasteiger charge is 2.02. The van der Waals surface area contributed by atoms with Crippen molar-refractivity contribution in [2.24, 2.45) is 0 Å². The summed E-state index contributed by atoms with van der Waals surface area (Å²) in [5.41, 5.74) is 5.56. The van der Waals surface area contributed by atoms with E-state index in [0.717, 1.165) is 6.42 Å². The number of rotatable bonds is 5. The van der Waals surface area contributed by atoms with Crippen molar-refractivity contribution in [2.75, 3.05) is 24.7 Å². The van der Waals surface area contributed by atoms with Crippen LogP contribution in [0.3, 0.4) is 0 Å². The minimum atomic E-state index is 0.211. The van der Waals surface area contributed by atoms with Crippen LogP contribution in [0.25, 0.3) is 0 Å². The van der Waals surface area contributed by atoms with E-state index in [2.05, 4.69) is 26.7 Å². The van der Waals surface area contributed by atoms with Gasteiger partial charge in [0.1, 0.15) is 5.82 Å². The molecule has 5 nitrogen and oxygen atoms in total. The maximum atomic E-state index is 5.56. The van der Waals surface area contributed by atoms with Gasteiger partial charge in [-0.05, 0) is 11.4 Å². The lowest BCUT2D eigenvalue weighted by molar-refractivity contribution is 0.310. The molecule has 3 N–H and O–H groups in total. The summed E-state index contributed by atoms with van der Waals surface area (Å²) in [6.45, 7) is 0.583. The zero-order valence-electron chi connectivity index (χ0n) is 9.51. The summed E-state index contributed by atoms with van der Waals surface area (Å²) in [5.74, 6) is 1.37. The average molecular weight is 250 g/mol. The van der Waals surface area contributed by atoms with Gasteiger partial charge in [0, 0.05) is 24.4 Å². The van der Waals surface area contributed by atoms with E-state index >= 15 is 0 Å². The number of nitrogens with two attached hydrogens (primary N) is 1. The molecular formula is C11H14N4OS. The van der Waals surface area contributed by atoms with Crippen LogP contribution in [-0.2, 0) is 6.42 Å². The highest BCUT2D eigenvalue weighted by atomic mass is 32.1. The van der Waals surface area contributed by atoms with Gasteiger partial charge in [-0.1, -0.05) is 6.07 Å². The molecule has 0 aliphatic carbocycles. The number of anilines is 2. The van der Waals surface area contributed by atoms with E-state index < -0.39 is 0 Å². The van der Waals surface area contributed by atoms with Crippen molar-refractivity contribution in [1.82, 2.24) is 9.97 Å². The van der Waals surface area contributed by atoms with E-state index in [9.17, 15) is 0 Å². The molecule has 0 aliphatic rings. The van der Waals surface area contributed by atoms with Gasteiger partial charge in [0.25, 0.3) is 0 Å². The van der Waals surface area contributed by atoms with Crippen molar-refractivity contribution in [3.63, 3.8) is 0 Å². The Bertz CT molecular complexity index is 472. The Balaban J connectivity index is 1.92. The first-order chi connectivity index (χ1) is 8.28. The molecule has 0 atom stereocenters. The monoisotopic (exact) mass is 250 g/mol. The Morgan fingerprint density at radius 2 is 2.35 bits per heavy atom. The van der Waals surface area contributed by atoms with Gasteiger partial charge >= 0.3 is 0 Å². The summed E-state index contributed by atoms with van der Waals surface area (Å²) in [6.07, 6.45) is 0.871. The lowest BCUT2D eigenvalue weighted by Crippen LogP contribution is -2.05. The second-order valence-corrected chi connectivity index (χ2v) is 4.41. The normalized spacial score (nSPS) is 10.2. The second kappa shape index (κ2) is 5.49. The molecule has 0 spiro atoms. The van der Waals surface area contributed by atoms with Gasteiger partial charge in [-0.15, -0.1) is 11.3 Å². The Labute approximate surface area is 104 Å². The van der Waals surface area contributed by atoms with E-state index in [1.165, 1.54) is 4.88 Å². The Hall–Kier alpha value is -1.82. The fourth-order valence-corrected chi connectivity index (χ4v) is 2.05. The fraction of sp³-hybridized carbons (Fsp3) is 0.273. The molecule has 0 radical (unpaired) electrons. The van der Waals surface area contributed by atoms with Gasteiger partial charge in [0.05, 0.1) is 6.61 Å². The van der Waals surface area contributed by atoms with Crippen LogP contribution in [0, 0.1) is 0 Å². The van der Waals surface area contributed by atoms with Crippen molar-refractivity contribution >= 4 is 23.1 Å². The average Bonchev–Trinajstić information content (AvgIpc) is 2.81. The standard InChI is InChI=1S/C11H14N4OS/c1-13-9-7-10(15-11(12)14-9)16-5-4-8-3-2-6-17-8/h2-3,6-7H,4-5H2,1H3,(H3,12,13,14,15). The van der Waals surface area contributed by atoms with Crippen LogP contribution in [0.4, 0.5) is 11.8 Å². The summed E-state index contributed by atoms with van der Waals surface area (Å²) < 4.78 is 5.54. The molecule has 0 saturated heterocycles. The molecule has 0 amide bonds. The minimum absolute atomic E-state index is 0.211. The molecule has 2 aromatic heterocycles. The highest BCUT2D eigenvalue weighted by Crippen LogP contribution is 2.15. The van der Waals surface area contributed by atoms with Gasteiger partial charge in [0.15, 0.2) is 0 Å². The van der Waals surface area contributed by atoms with Crippen molar-refractivity contribution in [1.29, 1.82) is 0 Å². The predicted octanol–water partition coefficient (Wildman–Crippen LogP) is 1.78. The van der Waals surface area contributed by atoms with Crippen LogP contribution in [0.1, 0.15) is 4.88 Å². The fourth-order valence-electron chi connectivity index (χ4n) is 1.36. The lowest BCUT2D eigenvalue weighted by atomic mass is 10.4.